The molecule has 0 spiro atoms. The number of pyridine rings is 1. The molecule has 5 heteroatoms. The first-order valence-corrected chi connectivity index (χ1v) is 7.08. The maximum Gasteiger partial charge on any atom is 0.0948 e. The normalized spacial score (nSPS) is 20.1. The zero-order chi connectivity index (χ0) is 13.8. The van der Waals surface area contributed by atoms with Crippen molar-refractivity contribution < 1.29 is 4.74 Å². The highest BCUT2D eigenvalue weighted by atomic mass is 16.5. The summed E-state index contributed by atoms with van der Waals surface area (Å²) < 4.78 is 7.56. The summed E-state index contributed by atoms with van der Waals surface area (Å²) in [6.45, 7) is 2.43. The Bertz CT molecular complexity index is 534. The molecule has 0 saturated carbocycles. The van der Waals surface area contributed by atoms with Crippen LogP contribution in [0.1, 0.15) is 23.9 Å². The monoisotopic (exact) mass is 272 g/mol. The van der Waals surface area contributed by atoms with E-state index in [4.69, 9.17) is 10.5 Å². The van der Waals surface area contributed by atoms with E-state index in [1.54, 1.807) is 0 Å². The predicted octanol–water partition coefficient (Wildman–Crippen LogP) is 1.56. The molecule has 0 aliphatic carbocycles. The Hall–Kier alpha value is -1.72. The highest BCUT2D eigenvalue weighted by molar-refractivity contribution is 5.08. The average Bonchev–Trinajstić information content (AvgIpc) is 3.17. The van der Waals surface area contributed by atoms with Crippen molar-refractivity contribution in [3.05, 3.63) is 48.3 Å². The van der Waals surface area contributed by atoms with Gasteiger partial charge in [0.1, 0.15) is 0 Å². The fourth-order valence-electron chi connectivity index (χ4n) is 2.65. The Morgan fingerprint density at radius 2 is 2.40 bits per heavy atom. The number of aromatic nitrogens is 3. The molecule has 3 heterocycles. The lowest BCUT2D eigenvalue weighted by Gasteiger charge is -2.19. The van der Waals surface area contributed by atoms with Gasteiger partial charge in [-0.2, -0.15) is 0 Å². The minimum absolute atomic E-state index is 0.00346. The second-order valence-electron chi connectivity index (χ2n) is 5.23. The molecule has 0 amide bonds. The molecule has 2 unspecified atom stereocenters. The van der Waals surface area contributed by atoms with E-state index in [1.165, 1.54) is 0 Å². The van der Waals surface area contributed by atoms with Gasteiger partial charge in [0.15, 0.2) is 0 Å². The van der Waals surface area contributed by atoms with Crippen LogP contribution in [0.15, 0.2) is 36.9 Å². The van der Waals surface area contributed by atoms with E-state index in [9.17, 15) is 0 Å². The molecule has 1 aliphatic heterocycles. The van der Waals surface area contributed by atoms with Crippen LogP contribution in [-0.4, -0.2) is 27.7 Å². The molecule has 2 aromatic heterocycles. The molecule has 20 heavy (non-hydrogen) atoms. The summed E-state index contributed by atoms with van der Waals surface area (Å²) in [7, 11) is 0. The van der Waals surface area contributed by atoms with E-state index in [0.717, 1.165) is 44.0 Å². The van der Waals surface area contributed by atoms with Gasteiger partial charge in [-0.15, -0.1) is 0 Å². The molecule has 106 valence electrons. The number of ether oxygens (including phenoxy) is 1. The molecule has 0 radical (unpaired) electrons. The molecule has 0 bridgehead atoms. The van der Waals surface area contributed by atoms with Gasteiger partial charge in [-0.1, -0.05) is 6.07 Å². The smallest absolute Gasteiger partial charge is 0.0948 e. The number of hydrogen-bond acceptors (Lipinski definition) is 4. The maximum absolute atomic E-state index is 6.36. The van der Waals surface area contributed by atoms with E-state index in [1.807, 2.05) is 36.9 Å². The Kier molecular flexibility index (Phi) is 4.08. The summed E-state index contributed by atoms with van der Waals surface area (Å²) in [5, 5.41) is 0. The molecule has 5 nitrogen and oxygen atoms in total. The molecule has 1 fully saturated rings. The second-order valence-corrected chi connectivity index (χ2v) is 5.23. The zero-order valence-corrected chi connectivity index (χ0v) is 11.5. The van der Waals surface area contributed by atoms with Crippen molar-refractivity contribution in [2.75, 3.05) is 13.2 Å². The van der Waals surface area contributed by atoms with Gasteiger partial charge in [0, 0.05) is 43.6 Å². The van der Waals surface area contributed by atoms with Crippen molar-refractivity contribution in [2.45, 2.75) is 25.4 Å². The highest BCUT2D eigenvalue weighted by Gasteiger charge is 2.26. The number of rotatable bonds is 5. The first-order valence-electron chi connectivity index (χ1n) is 7.08. The lowest BCUT2D eigenvalue weighted by Crippen LogP contribution is -2.24. The van der Waals surface area contributed by atoms with Crippen LogP contribution in [0.2, 0.25) is 0 Å². The van der Waals surface area contributed by atoms with E-state index in [0.29, 0.717) is 5.92 Å². The second kappa shape index (κ2) is 6.15. The van der Waals surface area contributed by atoms with Gasteiger partial charge >= 0.3 is 0 Å². The largest absolute Gasteiger partial charge is 0.381 e. The van der Waals surface area contributed by atoms with E-state index in [-0.39, 0.29) is 6.04 Å². The summed E-state index contributed by atoms with van der Waals surface area (Å²) in [6.07, 6.45) is 7.48. The number of aryl methyl sites for hydroxylation is 2. The van der Waals surface area contributed by atoms with Crippen molar-refractivity contribution in [2.24, 2.45) is 11.7 Å². The van der Waals surface area contributed by atoms with Crippen LogP contribution in [0.25, 0.3) is 0 Å². The van der Waals surface area contributed by atoms with Crippen LogP contribution in [0.3, 0.4) is 0 Å². The lowest BCUT2D eigenvalue weighted by atomic mass is 9.97. The van der Waals surface area contributed by atoms with Crippen LogP contribution in [0, 0.1) is 5.92 Å². The summed E-state index contributed by atoms with van der Waals surface area (Å²) >= 11 is 0. The molecule has 1 saturated heterocycles. The van der Waals surface area contributed by atoms with E-state index in [2.05, 4.69) is 14.5 Å². The van der Waals surface area contributed by atoms with Crippen LogP contribution in [0.4, 0.5) is 0 Å². The third-order valence-corrected chi connectivity index (χ3v) is 3.89. The quantitative estimate of drug-likeness (QED) is 0.897. The molecular weight excluding hydrogens is 252 g/mol. The van der Waals surface area contributed by atoms with Crippen molar-refractivity contribution in [3.63, 3.8) is 0 Å². The summed E-state index contributed by atoms with van der Waals surface area (Å²) in [5.41, 5.74) is 8.54. The third kappa shape index (κ3) is 2.89. The minimum Gasteiger partial charge on any atom is -0.381 e. The third-order valence-electron chi connectivity index (χ3n) is 3.89. The fourth-order valence-corrected chi connectivity index (χ4v) is 2.65. The lowest BCUT2D eigenvalue weighted by molar-refractivity contribution is 0.180. The van der Waals surface area contributed by atoms with Crippen LogP contribution >= 0.6 is 0 Å². The van der Waals surface area contributed by atoms with Gasteiger partial charge in [-0.25, -0.2) is 4.98 Å². The van der Waals surface area contributed by atoms with Crippen LogP contribution in [0.5, 0.6) is 0 Å². The van der Waals surface area contributed by atoms with Crippen LogP contribution in [-0.2, 0) is 17.7 Å². The summed E-state index contributed by atoms with van der Waals surface area (Å²) in [6, 6.07) is 5.99. The molecule has 2 aromatic rings. The molecule has 3 rings (SSSR count). The maximum atomic E-state index is 6.36. The Morgan fingerprint density at radius 1 is 1.45 bits per heavy atom. The minimum atomic E-state index is 0.00346. The molecule has 2 N–H and O–H groups in total. The van der Waals surface area contributed by atoms with E-state index >= 15 is 0 Å². The van der Waals surface area contributed by atoms with Crippen molar-refractivity contribution >= 4 is 0 Å². The van der Waals surface area contributed by atoms with E-state index < -0.39 is 0 Å². The van der Waals surface area contributed by atoms with Gasteiger partial charge in [0.25, 0.3) is 0 Å². The number of hydrogen-bond donors (Lipinski definition) is 1. The van der Waals surface area contributed by atoms with Crippen molar-refractivity contribution in [3.8, 4) is 0 Å². The van der Waals surface area contributed by atoms with Gasteiger partial charge in [0.05, 0.1) is 24.7 Å². The fraction of sp³-hybridized carbons (Fsp3) is 0.467. The van der Waals surface area contributed by atoms with Gasteiger partial charge in [-0.3, -0.25) is 4.98 Å². The average molecular weight is 272 g/mol. The van der Waals surface area contributed by atoms with Crippen molar-refractivity contribution in [1.82, 2.24) is 14.5 Å². The first-order chi connectivity index (χ1) is 9.84. The Labute approximate surface area is 118 Å². The van der Waals surface area contributed by atoms with Crippen molar-refractivity contribution in [1.29, 1.82) is 0 Å². The van der Waals surface area contributed by atoms with Gasteiger partial charge in [0.2, 0.25) is 0 Å². The predicted molar refractivity (Wildman–Crippen MR) is 76.0 cm³/mol. The van der Waals surface area contributed by atoms with Gasteiger partial charge in [-0.05, 0) is 18.6 Å². The summed E-state index contributed by atoms with van der Waals surface area (Å²) in [4.78, 5) is 8.59. The Balaban J connectivity index is 1.67. The number of nitrogens with two attached hydrogens (primary N) is 1. The van der Waals surface area contributed by atoms with Gasteiger partial charge < -0.3 is 15.0 Å². The molecule has 1 aliphatic rings. The standard InChI is InChI=1S/C15H20N4O/c16-15(12-5-8-20-10-12)14-9-17-11-19(14)7-4-13-3-1-2-6-18-13/h1-3,6,9,11-12,15H,4-5,7-8,10,16H2. The number of nitrogens with zero attached hydrogens (tertiary/aromatic N) is 3. The molecule has 0 aromatic carbocycles. The summed E-state index contributed by atoms with van der Waals surface area (Å²) in [5.74, 6) is 0.403. The topological polar surface area (TPSA) is 66.0 Å². The zero-order valence-electron chi connectivity index (χ0n) is 11.5. The SMILES string of the molecule is NC(c1cncn1CCc1ccccn1)C1CCOC1. The highest BCUT2D eigenvalue weighted by Crippen LogP contribution is 2.26. The van der Waals surface area contributed by atoms with Crippen LogP contribution < -0.4 is 5.73 Å². The molecule has 2 atom stereocenters. The Morgan fingerprint density at radius 3 is 3.15 bits per heavy atom. The number of imidazole rings is 1. The first kappa shape index (κ1) is 13.3. The molecular formula is C15H20N4O.